The van der Waals surface area contributed by atoms with Crippen LogP contribution in [0, 0.1) is 0 Å². The first kappa shape index (κ1) is 15.2. The number of rotatable bonds is 3. The van der Waals surface area contributed by atoms with Gasteiger partial charge in [-0.1, -0.05) is 36.9 Å². The zero-order chi connectivity index (χ0) is 14.8. The van der Waals surface area contributed by atoms with Crippen molar-refractivity contribution in [1.82, 2.24) is 0 Å². The summed E-state index contributed by atoms with van der Waals surface area (Å²) < 4.78 is 38.6. The van der Waals surface area contributed by atoms with Crippen LogP contribution in [0.5, 0.6) is 0 Å². The highest BCUT2D eigenvalue weighted by Crippen LogP contribution is 2.38. The summed E-state index contributed by atoms with van der Waals surface area (Å²) in [6, 6.07) is 2.58. The third kappa shape index (κ3) is 3.12. The van der Waals surface area contributed by atoms with E-state index < -0.39 is 11.7 Å². The molecule has 4 N–H and O–H groups in total. The summed E-state index contributed by atoms with van der Waals surface area (Å²) >= 11 is 5.91. The summed E-state index contributed by atoms with van der Waals surface area (Å²) in [5.41, 5.74) is 10.4. The molecule has 0 aliphatic carbocycles. The van der Waals surface area contributed by atoms with Crippen molar-refractivity contribution in [2.45, 2.75) is 6.18 Å². The zero-order valence-electron chi connectivity index (χ0n) is 9.89. The largest absolute Gasteiger partial charge is 0.416 e. The molecule has 102 valence electrons. The number of halogens is 4. The predicted octanol–water partition coefficient (Wildman–Crippen LogP) is 4.19. The summed E-state index contributed by atoms with van der Waals surface area (Å²) in [5.74, 6) is 0. The van der Waals surface area contributed by atoms with Crippen LogP contribution < -0.4 is 11.5 Å². The molecule has 1 aromatic rings. The first-order valence-corrected chi connectivity index (χ1v) is 5.51. The second kappa shape index (κ2) is 5.40. The highest BCUT2D eigenvalue weighted by molar-refractivity contribution is 6.33. The van der Waals surface area contributed by atoms with E-state index in [4.69, 9.17) is 23.1 Å². The van der Waals surface area contributed by atoms with E-state index in [0.29, 0.717) is 6.08 Å². The quantitative estimate of drug-likeness (QED) is 0.647. The van der Waals surface area contributed by atoms with E-state index in [2.05, 4.69) is 13.2 Å². The van der Waals surface area contributed by atoms with Crippen LogP contribution >= 0.6 is 11.6 Å². The molecule has 0 aliphatic rings. The molecule has 0 spiro atoms. The Morgan fingerprint density at radius 1 is 1.11 bits per heavy atom. The monoisotopic (exact) mass is 288 g/mol. The molecule has 0 atom stereocenters. The molecule has 2 nitrogen and oxygen atoms in total. The minimum atomic E-state index is -4.56. The Kier molecular flexibility index (Phi) is 4.32. The van der Waals surface area contributed by atoms with Gasteiger partial charge in [-0.2, -0.15) is 13.2 Å². The van der Waals surface area contributed by atoms with E-state index in [0.717, 1.165) is 6.08 Å². The number of benzene rings is 1. The summed E-state index contributed by atoms with van der Waals surface area (Å²) in [7, 11) is 0. The minimum Gasteiger partial charge on any atom is -0.397 e. The normalized spacial score (nSPS) is 12.8. The summed E-state index contributed by atoms with van der Waals surface area (Å²) in [4.78, 5) is 0. The molecule has 0 saturated heterocycles. The molecule has 0 amide bonds. The van der Waals surface area contributed by atoms with E-state index in [1.165, 1.54) is 12.1 Å². The molecular weight excluding hydrogens is 277 g/mol. The molecule has 0 heterocycles. The first-order valence-electron chi connectivity index (χ1n) is 5.13. The van der Waals surface area contributed by atoms with Gasteiger partial charge < -0.3 is 11.5 Å². The predicted molar refractivity (Wildman–Crippen MR) is 73.6 cm³/mol. The number of alkyl halides is 3. The lowest BCUT2D eigenvalue weighted by atomic mass is 9.98. The van der Waals surface area contributed by atoms with Crippen molar-refractivity contribution >= 4 is 28.5 Å². The molecule has 0 aliphatic heterocycles. The van der Waals surface area contributed by atoms with Gasteiger partial charge in [-0.25, -0.2) is 0 Å². The zero-order valence-corrected chi connectivity index (χ0v) is 10.6. The summed E-state index contributed by atoms with van der Waals surface area (Å²) in [6.45, 7) is 6.54. The molecule has 0 radical (unpaired) electrons. The van der Waals surface area contributed by atoms with Crippen LogP contribution in [0.2, 0.25) is 5.02 Å². The van der Waals surface area contributed by atoms with Crippen LogP contribution in [-0.4, -0.2) is 6.18 Å². The number of hydrogen-bond acceptors (Lipinski definition) is 2. The Morgan fingerprint density at radius 2 is 1.63 bits per heavy atom. The second-order valence-corrected chi connectivity index (χ2v) is 4.10. The molecule has 19 heavy (non-hydrogen) atoms. The Labute approximate surface area is 113 Å². The minimum absolute atomic E-state index is 0.0604. The van der Waals surface area contributed by atoms with Gasteiger partial charge in [0.1, 0.15) is 0 Å². The van der Waals surface area contributed by atoms with E-state index in [9.17, 15) is 13.2 Å². The van der Waals surface area contributed by atoms with Crippen LogP contribution in [0.15, 0.2) is 43.0 Å². The van der Waals surface area contributed by atoms with Crippen molar-refractivity contribution < 1.29 is 13.2 Å². The molecule has 6 heteroatoms. The van der Waals surface area contributed by atoms with E-state index in [1.54, 1.807) is 0 Å². The van der Waals surface area contributed by atoms with Crippen LogP contribution in [0.25, 0.3) is 5.57 Å². The van der Waals surface area contributed by atoms with Crippen LogP contribution in [-0.2, 0) is 0 Å². The van der Waals surface area contributed by atoms with Crippen molar-refractivity contribution in [1.29, 1.82) is 0 Å². The van der Waals surface area contributed by atoms with E-state index in [-0.39, 0.29) is 27.5 Å². The van der Waals surface area contributed by atoms with Crippen molar-refractivity contribution in [3.05, 3.63) is 53.6 Å². The van der Waals surface area contributed by atoms with Gasteiger partial charge >= 0.3 is 6.18 Å². The third-order valence-corrected chi connectivity index (χ3v) is 2.78. The molecule has 0 unspecified atom stereocenters. The van der Waals surface area contributed by atoms with Gasteiger partial charge in [0.05, 0.1) is 22.0 Å². The number of anilines is 2. The highest BCUT2D eigenvalue weighted by Gasteiger charge is 2.34. The number of nitrogens with two attached hydrogens (primary N) is 2. The van der Waals surface area contributed by atoms with Crippen LogP contribution in [0.4, 0.5) is 24.5 Å². The lowest BCUT2D eigenvalue weighted by Gasteiger charge is -2.15. The van der Waals surface area contributed by atoms with Crippen molar-refractivity contribution in [3.63, 3.8) is 0 Å². The Bertz CT molecular complexity index is 560. The van der Waals surface area contributed by atoms with Gasteiger partial charge in [0.15, 0.2) is 0 Å². The fourth-order valence-corrected chi connectivity index (χ4v) is 1.83. The topological polar surface area (TPSA) is 52.0 Å². The fraction of sp³-hybridized carbons (Fsp3) is 0.0769. The molecular formula is C13H12ClF3N2. The second-order valence-electron chi connectivity index (χ2n) is 3.69. The Hall–Kier alpha value is -1.88. The third-order valence-electron chi connectivity index (χ3n) is 2.47. The first-order chi connectivity index (χ1) is 8.72. The molecule has 0 fully saturated rings. The van der Waals surface area contributed by atoms with Gasteiger partial charge in [0.2, 0.25) is 0 Å². The van der Waals surface area contributed by atoms with Crippen molar-refractivity contribution in [2.75, 3.05) is 11.5 Å². The van der Waals surface area contributed by atoms with Gasteiger partial charge in [-0.3, -0.25) is 0 Å². The van der Waals surface area contributed by atoms with Crippen molar-refractivity contribution in [2.24, 2.45) is 0 Å². The van der Waals surface area contributed by atoms with Crippen molar-refractivity contribution in [3.8, 4) is 0 Å². The molecule has 1 aromatic carbocycles. The average molecular weight is 289 g/mol. The van der Waals surface area contributed by atoms with Crippen LogP contribution in [0.1, 0.15) is 5.56 Å². The molecule has 0 aromatic heterocycles. The average Bonchev–Trinajstić information content (AvgIpc) is 2.29. The summed E-state index contributed by atoms with van der Waals surface area (Å²) in [5, 5.41) is 0.0604. The van der Waals surface area contributed by atoms with Gasteiger partial charge in [0.25, 0.3) is 0 Å². The molecule has 0 saturated carbocycles. The maximum absolute atomic E-state index is 12.9. The molecule has 1 rings (SSSR count). The van der Waals surface area contributed by atoms with E-state index >= 15 is 0 Å². The lowest BCUT2D eigenvalue weighted by Crippen LogP contribution is -2.12. The van der Waals surface area contributed by atoms with Gasteiger partial charge in [-0.05, 0) is 17.7 Å². The SMILES string of the molecule is C=CC(=C(C=C)C(F)(F)F)c1cc(N)c(N)cc1Cl. The fourth-order valence-electron chi connectivity index (χ4n) is 1.56. The maximum atomic E-state index is 12.9. The Morgan fingerprint density at radius 3 is 2.05 bits per heavy atom. The Balaban J connectivity index is 3.64. The number of hydrogen-bond donors (Lipinski definition) is 2. The number of allylic oxidation sites excluding steroid dienone is 4. The number of nitrogen functional groups attached to an aromatic ring is 2. The smallest absolute Gasteiger partial charge is 0.397 e. The molecule has 0 bridgehead atoms. The van der Waals surface area contributed by atoms with Crippen LogP contribution in [0.3, 0.4) is 0 Å². The highest BCUT2D eigenvalue weighted by atomic mass is 35.5. The lowest BCUT2D eigenvalue weighted by molar-refractivity contribution is -0.0875. The maximum Gasteiger partial charge on any atom is 0.416 e. The van der Waals surface area contributed by atoms with Gasteiger partial charge in [-0.15, -0.1) is 0 Å². The standard InChI is InChI=1S/C13H12ClF3N2/c1-3-7(9(4-2)13(15,16)17)8-5-11(18)12(19)6-10(8)14/h3-6H,1-2,18-19H2. The van der Waals surface area contributed by atoms with Gasteiger partial charge in [0, 0.05) is 5.56 Å². The van der Waals surface area contributed by atoms with E-state index in [1.807, 2.05) is 0 Å². The summed E-state index contributed by atoms with van der Waals surface area (Å²) in [6.07, 6.45) is -2.80.